The number of hydrogen-bond donors (Lipinski definition) is 3. The van der Waals surface area contributed by atoms with Gasteiger partial charge in [0.05, 0.1) is 4.99 Å². The van der Waals surface area contributed by atoms with E-state index in [-0.39, 0.29) is 11.8 Å². The van der Waals surface area contributed by atoms with Gasteiger partial charge in [0.15, 0.2) is 0 Å². The van der Waals surface area contributed by atoms with Gasteiger partial charge in [-0.05, 0) is 56.4 Å². The quantitative estimate of drug-likeness (QED) is 0.390. The minimum absolute atomic E-state index is 0.144. The first-order valence-electron chi connectivity index (χ1n) is 9.83. The zero-order valence-corrected chi connectivity index (χ0v) is 17.5. The smallest absolute Gasteiger partial charge is 0.246 e. The van der Waals surface area contributed by atoms with Crippen molar-refractivity contribution in [2.24, 2.45) is 0 Å². The lowest BCUT2D eigenvalue weighted by molar-refractivity contribution is -0.126. The van der Waals surface area contributed by atoms with Crippen molar-refractivity contribution in [3.05, 3.63) is 60.4 Å². The van der Waals surface area contributed by atoms with Gasteiger partial charge in [-0.3, -0.25) is 14.6 Å². The summed E-state index contributed by atoms with van der Waals surface area (Å²) in [4.78, 5) is 30.0. The first kappa shape index (κ1) is 22.5. The van der Waals surface area contributed by atoms with Crippen LogP contribution < -0.4 is 16.0 Å². The number of pyridine rings is 1. The number of benzene rings is 1. The third-order valence-corrected chi connectivity index (χ3v) is 4.49. The van der Waals surface area contributed by atoms with Crippen molar-refractivity contribution >= 4 is 34.7 Å². The fourth-order valence-electron chi connectivity index (χ4n) is 2.83. The average Bonchev–Trinajstić information content (AvgIpc) is 2.72. The van der Waals surface area contributed by atoms with Crippen molar-refractivity contribution in [2.45, 2.75) is 45.1 Å². The molecule has 0 aliphatic heterocycles. The van der Waals surface area contributed by atoms with Gasteiger partial charge in [0, 0.05) is 31.0 Å². The van der Waals surface area contributed by atoms with Gasteiger partial charge in [-0.25, -0.2) is 0 Å². The van der Waals surface area contributed by atoms with E-state index in [1.807, 2.05) is 49.4 Å². The molecule has 0 aliphatic carbocycles. The number of nitrogens with one attached hydrogen (secondary N) is 3. The van der Waals surface area contributed by atoms with Crippen LogP contribution in [-0.4, -0.2) is 34.4 Å². The van der Waals surface area contributed by atoms with E-state index < -0.39 is 6.04 Å². The molecule has 0 aliphatic rings. The molecule has 1 aromatic carbocycles. The van der Waals surface area contributed by atoms with Crippen LogP contribution in [0.25, 0.3) is 0 Å². The van der Waals surface area contributed by atoms with Gasteiger partial charge in [0.25, 0.3) is 0 Å². The first-order chi connectivity index (χ1) is 14.0. The van der Waals surface area contributed by atoms with Crippen LogP contribution in [0.1, 0.15) is 38.2 Å². The number of para-hydroxylation sites is 1. The van der Waals surface area contributed by atoms with E-state index >= 15 is 0 Å². The van der Waals surface area contributed by atoms with Gasteiger partial charge in [-0.2, -0.15) is 0 Å². The van der Waals surface area contributed by atoms with Crippen LogP contribution in [0.5, 0.6) is 0 Å². The molecule has 1 heterocycles. The second-order valence-corrected chi connectivity index (χ2v) is 7.43. The molecule has 0 fully saturated rings. The van der Waals surface area contributed by atoms with Crippen molar-refractivity contribution in [3.63, 3.8) is 0 Å². The number of nitrogens with zero attached hydrogens (tertiary/aromatic N) is 1. The molecule has 1 aromatic heterocycles. The molecular weight excluding hydrogens is 384 g/mol. The van der Waals surface area contributed by atoms with Crippen LogP contribution in [0.3, 0.4) is 0 Å². The highest BCUT2D eigenvalue weighted by Crippen LogP contribution is 2.09. The predicted molar refractivity (Wildman–Crippen MR) is 120 cm³/mol. The zero-order chi connectivity index (χ0) is 20.9. The fraction of sp³-hybridized carbons (Fsp3) is 0.364. The third kappa shape index (κ3) is 9.30. The molecular formula is C22H28N4O2S. The Balaban J connectivity index is 1.88. The van der Waals surface area contributed by atoms with Gasteiger partial charge >= 0.3 is 0 Å². The second kappa shape index (κ2) is 12.6. The number of aryl methyl sites for hydroxylation is 1. The van der Waals surface area contributed by atoms with E-state index in [0.717, 1.165) is 29.9 Å². The molecule has 0 saturated carbocycles. The molecule has 3 N–H and O–H groups in total. The summed E-state index contributed by atoms with van der Waals surface area (Å²) < 4.78 is 0. The van der Waals surface area contributed by atoms with Crippen molar-refractivity contribution in [1.29, 1.82) is 0 Å². The number of hydrogen-bond acceptors (Lipinski definition) is 4. The Morgan fingerprint density at radius 2 is 1.90 bits per heavy atom. The van der Waals surface area contributed by atoms with Crippen LogP contribution in [-0.2, 0) is 16.0 Å². The molecule has 0 saturated heterocycles. The Morgan fingerprint density at radius 3 is 2.59 bits per heavy atom. The molecule has 154 valence electrons. The summed E-state index contributed by atoms with van der Waals surface area (Å²) in [6.45, 7) is 2.60. The number of aromatic nitrogens is 1. The minimum Gasteiger partial charge on any atom is -0.380 e. The first-order valence-corrected chi connectivity index (χ1v) is 10.2. The molecule has 0 radical (unpaired) electrons. The molecule has 6 nitrogen and oxygen atoms in total. The normalized spacial score (nSPS) is 11.3. The molecule has 2 aromatic rings. The summed E-state index contributed by atoms with van der Waals surface area (Å²) in [5, 5.41) is 8.87. The lowest BCUT2D eigenvalue weighted by atomic mass is 10.1. The number of carbonyl (C=O) groups is 2. The summed E-state index contributed by atoms with van der Waals surface area (Å²) in [6.07, 6.45) is 6.58. The van der Waals surface area contributed by atoms with E-state index in [2.05, 4.69) is 20.9 Å². The van der Waals surface area contributed by atoms with Gasteiger partial charge in [0.1, 0.15) is 6.04 Å². The Hall–Kier alpha value is -2.80. The summed E-state index contributed by atoms with van der Waals surface area (Å²) in [6, 6.07) is 12.5. The van der Waals surface area contributed by atoms with Crippen LogP contribution in [0, 0.1) is 0 Å². The Kier molecular flexibility index (Phi) is 9.78. The highest BCUT2D eigenvalue weighted by molar-refractivity contribution is 7.80. The number of amides is 2. The lowest BCUT2D eigenvalue weighted by Crippen LogP contribution is -2.44. The highest BCUT2D eigenvalue weighted by atomic mass is 32.1. The van der Waals surface area contributed by atoms with E-state index in [0.29, 0.717) is 24.9 Å². The zero-order valence-electron chi connectivity index (χ0n) is 16.7. The van der Waals surface area contributed by atoms with Crippen molar-refractivity contribution in [3.8, 4) is 0 Å². The molecule has 1 atom stereocenters. The second-order valence-electron chi connectivity index (χ2n) is 6.82. The molecule has 0 unspecified atom stereocenters. The third-order valence-electron chi connectivity index (χ3n) is 4.35. The number of thiocarbonyl (C=S) groups is 1. The van der Waals surface area contributed by atoms with E-state index in [4.69, 9.17) is 12.2 Å². The molecule has 29 heavy (non-hydrogen) atoms. The van der Waals surface area contributed by atoms with Gasteiger partial charge in [-0.1, -0.05) is 36.5 Å². The van der Waals surface area contributed by atoms with Gasteiger partial charge < -0.3 is 16.0 Å². The predicted octanol–water partition coefficient (Wildman–Crippen LogP) is 3.24. The maximum absolute atomic E-state index is 12.7. The van der Waals surface area contributed by atoms with Gasteiger partial charge in [0.2, 0.25) is 11.8 Å². The number of anilines is 1. The van der Waals surface area contributed by atoms with Crippen molar-refractivity contribution in [1.82, 2.24) is 15.6 Å². The topological polar surface area (TPSA) is 83.1 Å². The lowest BCUT2D eigenvalue weighted by Gasteiger charge is -2.19. The van der Waals surface area contributed by atoms with Crippen LogP contribution in [0.2, 0.25) is 0 Å². The Bertz CT molecular complexity index is 784. The molecule has 2 amide bonds. The number of unbranched alkanes of at least 4 members (excludes halogenated alkanes) is 1. The monoisotopic (exact) mass is 412 g/mol. The SMILES string of the molecule is CC(=S)NCCCC[C@H](NC(=O)CCc1cccnc1)C(=O)Nc1ccccc1. The Morgan fingerprint density at radius 1 is 1.10 bits per heavy atom. The average molecular weight is 413 g/mol. The molecule has 2 rings (SSSR count). The van der Waals surface area contributed by atoms with E-state index in [1.54, 1.807) is 12.4 Å². The summed E-state index contributed by atoms with van der Waals surface area (Å²) >= 11 is 5.00. The van der Waals surface area contributed by atoms with Crippen LogP contribution in [0.15, 0.2) is 54.9 Å². The number of carbonyl (C=O) groups excluding carboxylic acids is 2. The van der Waals surface area contributed by atoms with Crippen molar-refractivity contribution in [2.75, 3.05) is 11.9 Å². The summed E-state index contributed by atoms with van der Waals surface area (Å²) in [5.41, 5.74) is 1.71. The highest BCUT2D eigenvalue weighted by Gasteiger charge is 2.20. The summed E-state index contributed by atoms with van der Waals surface area (Å²) in [7, 11) is 0. The van der Waals surface area contributed by atoms with E-state index in [1.165, 1.54) is 0 Å². The largest absolute Gasteiger partial charge is 0.380 e. The van der Waals surface area contributed by atoms with E-state index in [9.17, 15) is 9.59 Å². The minimum atomic E-state index is -0.579. The molecule has 7 heteroatoms. The van der Waals surface area contributed by atoms with Crippen LogP contribution >= 0.6 is 12.2 Å². The maximum Gasteiger partial charge on any atom is 0.246 e. The van der Waals surface area contributed by atoms with Crippen LogP contribution in [0.4, 0.5) is 5.69 Å². The summed E-state index contributed by atoms with van der Waals surface area (Å²) in [5.74, 6) is -0.347. The molecule has 0 spiro atoms. The van der Waals surface area contributed by atoms with Crippen molar-refractivity contribution < 1.29 is 9.59 Å². The van der Waals surface area contributed by atoms with Gasteiger partial charge in [-0.15, -0.1) is 0 Å². The number of rotatable bonds is 11. The standard InChI is InChI=1S/C22H28N4O2S/c1-17(29)24-15-6-5-11-20(22(28)25-19-9-3-2-4-10-19)26-21(27)13-12-18-8-7-14-23-16-18/h2-4,7-10,14,16,20H,5-6,11-13,15H2,1H3,(H,24,29)(H,25,28)(H,26,27)/t20-/m0/s1. The maximum atomic E-state index is 12.7. The Labute approximate surface area is 177 Å². The fourth-order valence-corrected chi connectivity index (χ4v) is 2.93. The molecule has 0 bridgehead atoms.